The van der Waals surface area contributed by atoms with Crippen LogP contribution in [0.15, 0.2) is 59.6 Å². The molecule has 0 bridgehead atoms. The molecule has 7 heteroatoms. The number of guanidine groups is 1. The third-order valence-electron chi connectivity index (χ3n) is 4.08. The van der Waals surface area contributed by atoms with Gasteiger partial charge < -0.3 is 10.2 Å². The van der Waals surface area contributed by atoms with Gasteiger partial charge in [0, 0.05) is 6.20 Å². The van der Waals surface area contributed by atoms with Gasteiger partial charge in [-0.15, -0.1) is 0 Å². The highest BCUT2D eigenvalue weighted by Crippen LogP contribution is 2.24. The summed E-state index contributed by atoms with van der Waals surface area (Å²) in [6.45, 7) is 7.25. The molecule has 0 aromatic heterocycles. The minimum absolute atomic E-state index is 0.0202. The van der Waals surface area contributed by atoms with Crippen molar-refractivity contribution in [1.82, 2.24) is 10.2 Å². The number of nitrogens with zero attached hydrogens (tertiary/aromatic N) is 2. The molecule has 0 radical (unpaired) electrons. The number of hydrogen-bond acceptors (Lipinski definition) is 1. The zero-order valence-electron chi connectivity index (χ0n) is 14.8. The zero-order valence-corrected chi connectivity index (χ0v) is 14.8. The molecule has 1 N–H and O–H groups in total. The number of rotatable bonds is 3. The van der Waals surface area contributed by atoms with Crippen molar-refractivity contribution in [3.8, 4) is 0 Å². The molecule has 1 aliphatic heterocycles. The molecule has 0 fully saturated rings. The molecule has 0 amide bonds. The van der Waals surface area contributed by atoms with Crippen LogP contribution in [0, 0.1) is 31.3 Å². The average molecular weight is 375 g/mol. The Labute approximate surface area is 154 Å². The Morgan fingerprint density at radius 1 is 1.04 bits per heavy atom. The molecule has 140 valence electrons. The molecule has 2 aromatic rings. The van der Waals surface area contributed by atoms with Crippen molar-refractivity contribution >= 4 is 11.6 Å². The van der Waals surface area contributed by atoms with Gasteiger partial charge in [-0.2, -0.15) is 0 Å². The molecule has 0 atom stereocenters. The molecular formula is C20H17F4N3. The molecule has 0 saturated heterocycles. The van der Waals surface area contributed by atoms with Crippen LogP contribution in [0.2, 0.25) is 0 Å². The van der Waals surface area contributed by atoms with Crippen LogP contribution in [0.1, 0.15) is 16.7 Å². The van der Waals surface area contributed by atoms with Crippen molar-refractivity contribution < 1.29 is 17.6 Å². The molecular weight excluding hydrogens is 358 g/mol. The molecule has 0 aliphatic carbocycles. The standard InChI is InChI=1S/C20H17F4N3/c1-11-4-5-12(2)18(6-11)26-20-25-13(3)17(23)10-27(20)9-14-7-15(21)19(24)16(22)8-14/h4-8,10H,3,9H2,1-2H3,(H,25,26). The molecule has 1 aliphatic rings. The first-order valence-corrected chi connectivity index (χ1v) is 8.14. The smallest absolute Gasteiger partial charge is 0.208 e. The largest absolute Gasteiger partial charge is 0.324 e. The number of aliphatic imine (C=N–C) groups is 1. The summed E-state index contributed by atoms with van der Waals surface area (Å²) in [4.78, 5) is 5.85. The lowest BCUT2D eigenvalue weighted by Crippen LogP contribution is -2.40. The number of benzene rings is 2. The Morgan fingerprint density at radius 2 is 1.70 bits per heavy atom. The van der Waals surface area contributed by atoms with Crippen molar-refractivity contribution in [2.45, 2.75) is 20.4 Å². The first kappa shape index (κ1) is 18.7. The van der Waals surface area contributed by atoms with E-state index in [1.54, 1.807) is 0 Å². The highest BCUT2D eigenvalue weighted by molar-refractivity contribution is 5.87. The second-order valence-electron chi connectivity index (χ2n) is 6.31. The van der Waals surface area contributed by atoms with E-state index >= 15 is 0 Å². The third-order valence-corrected chi connectivity index (χ3v) is 4.08. The summed E-state index contributed by atoms with van der Waals surface area (Å²) in [5, 5.41) is 2.75. The minimum Gasteiger partial charge on any atom is -0.324 e. The van der Waals surface area contributed by atoms with Gasteiger partial charge in [0.2, 0.25) is 5.96 Å². The van der Waals surface area contributed by atoms with Crippen LogP contribution in [0.4, 0.5) is 23.2 Å². The lowest BCUT2D eigenvalue weighted by atomic mass is 10.1. The van der Waals surface area contributed by atoms with Gasteiger partial charge in [0.15, 0.2) is 23.3 Å². The number of aryl methyl sites for hydroxylation is 2. The number of hydrogen-bond donors (Lipinski definition) is 1. The predicted molar refractivity (Wildman–Crippen MR) is 96.3 cm³/mol. The second-order valence-corrected chi connectivity index (χ2v) is 6.31. The van der Waals surface area contributed by atoms with Gasteiger partial charge in [0.1, 0.15) is 0 Å². The lowest BCUT2D eigenvalue weighted by molar-refractivity contribution is 0.437. The van der Waals surface area contributed by atoms with Crippen LogP contribution in [-0.4, -0.2) is 10.9 Å². The molecule has 1 heterocycles. The van der Waals surface area contributed by atoms with Crippen LogP contribution < -0.4 is 5.32 Å². The van der Waals surface area contributed by atoms with Crippen molar-refractivity contribution in [2.75, 3.05) is 0 Å². The molecule has 2 aromatic carbocycles. The summed E-state index contributed by atoms with van der Waals surface area (Å²) >= 11 is 0. The monoisotopic (exact) mass is 375 g/mol. The number of halogens is 4. The number of allylic oxidation sites excluding steroid dienone is 1. The summed E-state index contributed by atoms with van der Waals surface area (Å²) in [7, 11) is 0. The maximum absolute atomic E-state index is 14.0. The van der Waals surface area contributed by atoms with Crippen molar-refractivity contribution in [3.05, 3.63) is 88.8 Å². The highest BCUT2D eigenvalue weighted by Gasteiger charge is 2.21. The first-order valence-electron chi connectivity index (χ1n) is 8.14. The molecule has 0 saturated carbocycles. The van der Waals surface area contributed by atoms with Crippen LogP contribution in [0.3, 0.4) is 0 Å². The molecule has 0 spiro atoms. The van der Waals surface area contributed by atoms with Gasteiger partial charge in [0.05, 0.1) is 17.9 Å². The van der Waals surface area contributed by atoms with E-state index in [1.165, 1.54) is 4.90 Å². The van der Waals surface area contributed by atoms with Gasteiger partial charge >= 0.3 is 0 Å². The lowest BCUT2D eigenvalue weighted by Gasteiger charge is -2.28. The van der Waals surface area contributed by atoms with E-state index in [0.29, 0.717) is 5.69 Å². The van der Waals surface area contributed by atoms with E-state index in [2.05, 4.69) is 16.9 Å². The highest BCUT2D eigenvalue weighted by atomic mass is 19.2. The Hall–Kier alpha value is -3.09. The van der Waals surface area contributed by atoms with E-state index in [4.69, 9.17) is 0 Å². The Balaban J connectivity index is 2.00. The maximum Gasteiger partial charge on any atom is 0.208 e. The van der Waals surface area contributed by atoms with Gasteiger partial charge in [0.25, 0.3) is 0 Å². The fourth-order valence-electron chi connectivity index (χ4n) is 2.61. The van der Waals surface area contributed by atoms with Crippen molar-refractivity contribution in [1.29, 1.82) is 0 Å². The quantitative estimate of drug-likeness (QED) is 0.594. The van der Waals surface area contributed by atoms with E-state index in [9.17, 15) is 17.6 Å². The Morgan fingerprint density at radius 3 is 2.37 bits per heavy atom. The summed E-state index contributed by atoms with van der Waals surface area (Å²) in [6, 6.07) is 7.43. The van der Waals surface area contributed by atoms with Crippen molar-refractivity contribution in [2.24, 2.45) is 4.99 Å². The van der Waals surface area contributed by atoms with E-state index < -0.39 is 23.3 Å². The molecule has 3 nitrogen and oxygen atoms in total. The van der Waals surface area contributed by atoms with Crippen LogP contribution >= 0.6 is 0 Å². The van der Waals surface area contributed by atoms with Crippen LogP contribution in [0.25, 0.3) is 0 Å². The zero-order chi connectivity index (χ0) is 19.7. The topological polar surface area (TPSA) is 27.6 Å². The summed E-state index contributed by atoms with van der Waals surface area (Å²) in [5.41, 5.74) is 2.69. The van der Waals surface area contributed by atoms with Gasteiger partial charge in [-0.05, 0) is 48.7 Å². The molecule has 3 rings (SSSR count). The number of nitrogens with one attached hydrogen (secondary N) is 1. The van der Waals surface area contributed by atoms with E-state index in [-0.39, 0.29) is 23.8 Å². The normalized spacial score (nSPS) is 15.8. The summed E-state index contributed by atoms with van der Waals surface area (Å²) in [6.07, 6.45) is 1.13. The van der Waals surface area contributed by atoms with Gasteiger partial charge in [-0.25, -0.2) is 22.6 Å². The van der Waals surface area contributed by atoms with Crippen LogP contribution in [0.5, 0.6) is 0 Å². The van der Waals surface area contributed by atoms with E-state index in [1.807, 2.05) is 32.0 Å². The fraction of sp³-hybridized carbons (Fsp3) is 0.150. The molecule has 27 heavy (non-hydrogen) atoms. The summed E-state index contributed by atoms with van der Waals surface area (Å²) < 4.78 is 54.2. The Kier molecular flexibility index (Phi) is 5.03. The second kappa shape index (κ2) is 7.26. The van der Waals surface area contributed by atoms with Crippen LogP contribution in [-0.2, 0) is 6.54 Å². The van der Waals surface area contributed by atoms with Gasteiger partial charge in [-0.1, -0.05) is 18.7 Å². The third kappa shape index (κ3) is 4.02. The predicted octanol–water partition coefficient (Wildman–Crippen LogP) is 5.14. The average Bonchev–Trinajstić information content (AvgIpc) is 2.60. The minimum atomic E-state index is -1.55. The summed E-state index contributed by atoms with van der Waals surface area (Å²) in [5.74, 6) is -4.57. The maximum atomic E-state index is 14.0. The Bertz CT molecular complexity index is 956. The van der Waals surface area contributed by atoms with Gasteiger partial charge in [-0.3, -0.25) is 0 Å². The first-order chi connectivity index (χ1) is 12.7. The SMILES string of the molecule is C=C1NC(=Nc2cc(C)ccc2C)N(Cc2cc(F)c(F)c(F)c2)C=C1F. The van der Waals surface area contributed by atoms with E-state index in [0.717, 1.165) is 29.5 Å². The van der Waals surface area contributed by atoms with Crippen molar-refractivity contribution in [3.63, 3.8) is 0 Å². The molecule has 0 unspecified atom stereocenters. The fourth-order valence-corrected chi connectivity index (χ4v) is 2.61.